The molecule has 2 saturated carbocycles. The van der Waals surface area contributed by atoms with E-state index in [9.17, 15) is 37.1 Å². The Hall–Kier alpha value is -2.73. The Bertz CT molecular complexity index is 1330. The third-order valence-electron chi connectivity index (χ3n) is 8.10. The molecule has 1 amide bonds. The lowest BCUT2D eigenvalue weighted by Gasteiger charge is -2.34. The summed E-state index contributed by atoms with van der Waals surface area (Å²) in [6.45, 7) is 0.00787. The topological polar surface area (TPSA) is 92.5 Å². The fourth-order valence-corrected chi connectivity index (χ4v) is 6.39. The number of Topliss-reactive ketones (excluding diaryl/α,β-unsaturated/α-hetero) is 1. The molecule has 7 nitrogen and oxygen atoms in total. The highest BCUT2D eigenvalue weighted by molar-refractivity contribution is 6.40. The number of amides is 1. The molecule has 2 aliphatic rings. The van der Waals surface area contributed by atoms with Crippen LogP contribution in [-0.4, -0.2) is 56.2 Å². The highest BCUT2D eigenvalue weighted by atomic mass is 35.5. The molecule has 1 aromatic carbocycles. The number of hydrogen-bond acceptors (Lipinski definition) is 4. The first-order valence-electron chi connectivity index (χ1n) is 13.1. The molecule has 0 atom stereocenters. The van der Waals surface area contributed by atoms with Crippen LogP contribution in [0.4, 0.5) is 22.0 Å². The number of nitrogens with zero attached hydrogens (tertiary/aromatic N) is 3. The molecule has 0 unspecified atom stereocenters. The third kappa shape index (κ3) is 6.53. The van der Waals surface area contributed by atoms with Gasteiger partial charge in [0.25, 0.3) is 5.91 Å². The molecule has 1 N–H and O–H groups in total. The van der Waals surface area contributed by atoms with Gasteiger partial charge in [-0.1, -0.05) is 36.0 Å². The highest BCUT2D eigenvalue weighted by Gasteiger charge is 2.46. The van der Waals surface area contributed by atoms with E-state index in [0.29, 0.717) is 22.4 Å². The number of carboxylic acids is 1. The van der Waals surface area contributed by atoms with E-state index >= 15 is 4.39 Å². The van der Waals surface area contributed by atoms with Gasteiger partial charge in [0.2, 0.25) is 0 Å². The Labute approximate surface area is 242 Å². The molecule has 14 heteroatoms. The van der Waals surface area contributed by atoms with Crippen molar-refractivity contribution in [1.82, 2.24) is 14.7 Å². The average molecular weight is 624 g/mol. The lowest BCUT2D eigenvalue weighted by molar-refractivity contribution is -0.152. The van der Waals surface area contributed by atoms with Gasteiger partial charge in [0.15, 0.2) is 11.5 Å². The van der Waals surface area contributed by atoms with Gasteiger partial charge in [-0.25, -0.2) is 8.78 Å². The largest absolute Gasteiger partial charge is 0.481 e. The van der Waals surface area contributed by atoms with Gasteiger partial charge in [0.1, 0.15) is 11.5 Å². The van der Waals surface area contributed by atoms with Crippen molar-refractivity contribution in [1.29, 1.82) is 0 Å². The molecule has 0 bridgehead atoms. The quantitative estimate of drug-likeness (QED) is 0.249. The Balaban J connectivity index is 1.69. The number of carbonyl (C=O) groups excluding carboxylic acids is 2. The van der Waals surface area contributed by atoms with Crippen molar-refractivity contribution in [2.75, 3.05) is 13.1 Å². The third-order valence-corrected chi connectivity index (χ3v) is 8.69. The summed E-state index contributed by atoms with van der Waals surface area (Å²) < 4.78 is 73.2. The number of carboxylic acid groups (broad SMARTS) is 1. The van der Waals surface area contributed by atoms with E-state index in [1.54, 1.807) is 0 Å². The molecular formula is C27H28Cl2F5N3O4. The summed E-state index contributed by atoms with van der Waals surface area (Å²) in [6, 6.07) is 0.826. The molecule has 2 fully saturated rings. The highest BCUT2D eigenvalue weighted by Crippen LogP contribution is 2.44. The van der Waals surface area contributed by atoms with E-state index in [0.717, 1.165) is 18.3 Å². The molecule has 0 radical (unpaired) electrons. The maximum Gasteiger partial charge on any atom is 0.433 e. The molecule has 2 aliphatic carbocycles. The van der Waals surface area contributed by atoms with Gasteiger partial charge in [-0.2, -0.15) is 18.3 Å². The molecule has 224 valence electrons. The molecule has 0 spiro atoms. The zero-order chi connectivity index (χ0) is 30.3. The van der Waals surface area contributed by atoms with Crippen LogP contribution in [0.5, 0.6) is 0 Å². The van der Waals surface area contributed by atoms with Gasteiger partial charge in [-0.15, -0.1) is 0 Å². The van der Waals surface area contributed by atoms with E-state index in [2.05, 4.69) is 5.10 Å². The Morgan fingerprint density at radius 3 is 2.17 bits per heavy atom. The first-order chi connectivity index (χ1) is 19.0. The first-order valence-corrected chi connectivity index (χ1v) is 13.8. The zero-order valence-corrected chi connectivity index (χ0v) is 23.6. The summed E-state index contributed by atoms with van der Waals surface area (Å²) in [7, 11) is 0. The minimum atomic E-state index is -5.05. The summed E-state index contributed by atoms with van der Waals surface area (Å²) >= 11 is 12.0. The lowest BCUT2D eigenvalue weighted by Crippen LogP contribution is -2.45. The molecule has 2 aromatic rings. The monoisotopic (exact) mass is 623 g/mol. The van der Waals surface area contributed by atoms with Crippen molar-refractivity contribution in [2.24, 2.45) is 5.41 Å². The summed E-state index contributed by atoms with van der Waals surface area (Å²) in [4.78, 5) is 39.1. The predicted molar refractivity (Wildman–Crippen MR) is 139 cm³/mol. The van der Waals surface area contributed by atoms with Crippen molar-refractivity contribution >= 4 is 40.9 Å². The second-order valence-corrected chi connectivity index (χ2v) is 11.9. The van der Waals surface area contributed by atoms with Gasteiger partial charge >= 0.3 is 12.1 Å². The van der Waals surface area contributed by atoms with Crippen LogP contribution < -0.4 is 0 Å². The van der Waals surface area contributed by atoms with Crippen molar-refractivity contribution in [3.63, 3.8) is 0 Å². The maximum absolute atomic E-state index is 15.6. The summed E-state index contributed by atoms with van der Waals surface area (Å²) in [5.74, 6) is -4.04. The van der Waals surface area contributed by atoms with Gasteiger partial charge < -0.3 is 10.0 Å². The van der Waals surface area contributed by atoms with Crippen LogP contribution in [0.25, 0.3) is 0 Å². The van der Waals surface area contributed by atoms with Crippen LogP contribution in [0.3, 0.4) is 0 Å². The minimum absolute atomic E-state index is 0.0544. The van der Waals surface area contributed by atoms with Crippen molar-refractivity contribution in [2.45, 2.75) is 76.2 Å². The maximum atomic E-state index is 15.6. The normalized spacial score (nSPS) is 22.5. The molecule has 0 saturated heterocycles. The van der Waals surface area contributed by atoms with Gasteiger partial charge in [-0.05, 0) is 57.6 Å². The molecule has 0 aliphatic heterocycles. The SMILES string of the molecule is CC1(C(=O)O)CCC(n2ncc(C(=O)N(CC(=O)c3c(Cl)cc(F)cc3Cl)CC3(F)CCCC3)c2C(F)(F)F)CC1. The van der Waals surface area contributed by atoms with E-state index in [4.69, 9.17) is 23.2 Å². The van der Waals surface area contributed by atoms with Crippen LogP contribution in [0.15, 0.2) is 18.3 Å². The van der Waals surface area contributed by atoms with Gasteiger partial charge in [-0.3, -0.25) is 19.1 Å². The Morgan fingerprint density at radius 2 is 1.66 bits per heavy atom. The van der Waals surface area contributed by atoms with Gasteiger partial charge in [0, 0.05) is 0 Å². The van der Waals surface area contributed by atoms with Crippen LogP contribution in [0.1, 0.15) is 90.7 Å². The predicted octanol–water partition coefficient (Wildman–Crippen LogP) is 7.16. The van der Waals surface area contributed by atoms with Crippen LogP contribution in [-0.2, 0) is 11.0 Å². The minimum Gasteiger partial charge on any atom is -0.481 e. The summed E-state index contributed by atoms with van der Waals surface area (Å²) in [5.41, 5.74) is -5.58. The molecule has 41 heavy (non-hydrogen) atoms. The van der Waals surface area contributed by atoms with Crippen molar-refractivity contribution in [3.05, 3.63) is 51.0 Å². The van der Waals surface area contributed by atoms with E-state index < -0.39 is 71.1 Å². The number of alkyl halides is 4. The van der Waals surface area contributed by atoms with Crippen LogP contribution in [0, 0.1) is 11.2 Å². The van der Waals surface area contributed by atoms with E-state index in [-0.39, 0.29) is 54.1 Å². The Kier molecular flexibility index (Phi) is 8.76. The second-order valence-electron chi connectivity index (χ2n) is 11.1. The van der Waals surface area contributed by atoms with E-state index in [1.807, 2.05) is 0 Å². The molecule has 1 aromatic heterocycles. The van der Waals surface area contributed by atoms with Gasteiger partial charge in [0.05, 0.1) is 51.9 Å². The summed E-state index contributed by atoms with van der Waals surface area (Å²) in [6.07, 6.45) is -2.81. The fraction of sp³-hybridized carbons (Fsp3) is 0.556. The summed E-state index contributed by atoms with van der Waals surface area (Å²) in [5, 5.41) is 12.6. The van der Waals surface area contributed by atoms with Crippen molar-refractivity contribution < 1.29 is 41.4 Å². The number of hydrogen-bond donors (Lipinski definition) is 1. The zero-order valence-electron chi connectivity index (χ0n) is 22.0. The average Bonchev–Trinajstić information content (AvgIpc) is 3.50. The molecule has 4 rings (SSSR count). The number of halogens is 7. The molecular weight excluding hydrogens is 596 g/mol. The first kappa shape index (κ1) is 31.2. The smallest absolute Gasteiger partial charge is 0.433 e. The number of benzene rings is 1. The fourth-order valence-electron chi connectivity index (χ4n) is 5.72. The number of rotatable bonds is 8. The van der Waals surface area contributed by atoms with Crippen LogP contribution in [0.2, 0.25) is 10.0 Å². The standard InChI is InChI=1S/C27H28Cl2F5N3O4/c1-25(24(40)41)8-4-16(5-9-25)37-22(27(32,33)34)17(12-35-37)23(39)36(14-26(31)6-2-3-7-26)13-20(38)21-18(28)10-15(30)11-19(21)29/h10-12,16H,2-9,13-14H2,1H3,(H,40,41). The second kappa shape index (κ2) is 11.5. The lowest BCUT2D eigenvalue weighted by atomic mass is 9.74. The number of carbonyl (C=O) groups is 3. The number of aliphatic carboxylic acids is 1. The van der Waals surface area contributed by atoms with E-state index in [1.165, 1.54) is 6.92 Å². The van der Waals surface area contributed by atoms with Crippen LogP contribution >= 0.6 is 23.2 Å². The molecule has 1 heterocycles. The van der Waals surface area contributed by atoms with Crippen molar-refractivity contribution in [3.8, 4) is 0 Å². The number of ketones is 1. The number of aromatic nitrogens is 2. The Morgan fingerprint density at radius 1 is 1.10 bits per heavy atom.